The Bertz CT molecular complexity index is 1240. The molecule has 1 amide bonds. The van der Waals surface area contributed by atoms with E-state index in [1.165, 1.54) is 0 Å². The number of hydrogen-bond donors (Lipinski definition) is 0. The number of fused-ring (bicyclic) bond motifs is 2. The Labute approximate surface area is 174 Å². The highest BCUT2D eigenvalue weighted by Crippen LogP contribution is 2.25. The van der Waals surface area contributed by atoms with Crippen LogP contribution in [0.3, 0.4) is 0 Å². The van der Waals surface area contributed by atoms with E-state index < -0.39 is 0 Å². The average Bonchev–Trinajstić information content (AvgIpc) is 3.16. The fourth-order valence-corrected chi connectivity index (χ4v) is 4.11. The van der Waals surface area contributed by atoms with Crippen molar-refractivity contribution >= 4 is 33.7 Å². The molecule has 0 spiro atoms. The summed E-state index contributed by atoms with van der Waals surface area (Å²) in [6, 6.07) is 12.0. The molecule has 1 saturated heterocycles. The predicted octanol–water partition coefficient (Wildman–Crippen LogP) is 3.28. The summed E-state index contributed by atoms with van der Waals surface area (Å²) < 4.78 is 5.49. The first-order chi connectivity index (χ1) is 14.6. The first kappa shape index (κ1) is 18.5. The fourth-order valence-electron chi connectivity index (χ4n) is 4.11. The number of rotatable bonds is 3. The molecule has 5 rings (SSSR count). The molecule has 30 heavy (non-hydrogen) atoms. The summed E-state index contributed by atoms with van der Waals surface area (Å²) in [6.07, 6.45) is 2.07. The minimum absolute atomic E-state index is 0.0774. The molecule has 0 saturated carbocycles. The van der Waals surface area contributed by atoms with Crippen molar-refractivity contribution < 1.29 is 9.32 Å². The highest BCUT2D eigenvalue weighted by Gasteiger charge is 2.24. The van der Waals surface area contributed by atoms with Gasteiger partial charge < -0.3 is 14.3 Å². The van der Waals surface area contributed by atoms with E-state index in [-0.39, 0.29) is 12.3 Å². The summed E-state index contributed by atoms with van der Waals surface area (Å²) in [5, 5.41) is 5.11. The van der Waals surface area contributed by atoms with Gasteiger partial charge in [0.05, 0.1) is 23.7 Å². The summed E-state index contributed by atoms with van der Waals surface area (Å²) in [7, 11) is 0. The van der Waals surface area contributed by atoms with Crippen molar-refractivity contribution in [1.29, 1.82) is 0 Å². The number of anilines is 1. The molecule has 7 nitrogen and oxygen atoms in total. The van der Waals surface area contributed by atoms with Crippen LogP contribution in [0.25, 0.3) is 22.0 Å². The summed E-state index contributed by atoms with van der Waals surface area (Å²) in [5.41, 5.74) is 5.44. The molecule has 1 aliphatic rings. The predicted molar refractivity (Wildman–Crippen MR) is 116 cm³/mol. The van der Waals surface area contributed by atoms with Crippen molar-refractivity contribution in [2.75, 3.05) is 31.1 Å². The minimum Gasteiger partial charge on any atom is -0.356 e. The molecule has 0 N–H and O–H groups in total. The van der Waals surface area contributed by atoms with Crippen LogP contribution in [0.5, 0.6) is 0 Å². The number of carbonyl (C=O) groups is 1. The van der Waals surface area contributed by atoms with Crippen LogP contribution in [0, 0.1) is 13.8 Å². The number of benzene rings is 2. The van der Waals surface area contributed by atoms with Crippen LogP contribution in [0.4, 0.5) is 5.82 Å². The maximum Gasteiger partial charge on any atom is 0.228 e. The Balaban J connectivity index is 1.27. The molecule has 1 aliphatic heterocycles. The number of nitrogens with zero attached hydrogens (tertiary/aromatic N) is 5. The second kappa shape index (κ2) is 7.40. The van der Waals surface area contributed by atoms with Gasteiger partial charge in [0.25, 0.3) is 0 Å². The van der Waals surface area contributed by atoms with Crippen molar-refractivity contribution in [3.05, 3.63) is 59.4 Å². The van der Waals surface area contributed by atoms with Crippen LogP contribution >= 0.6 is 0 Å². The summed E-state index contributed by atoms with van der Waals surface area (Å²) in [5.74, 6) is 0.933. The van der Waals surface area contributed by atoms with E-state index >= 15 is 0 Å². The number of carbonyl (C=O) groups excluding carboxylic acids is 1. The first-order valence-electron chi connectivity index (χ1n) is 10.2. The van der Waals surface area contributed by atoms with E-state index in [1.54, 1.807) is 0 Å². The SMILES string of the molecule is Cc1cc(C)c2onc(CC(=O)N3CCN(c4cnc5ccccc5n4)CC3)c2c1. The lowest BCUT2D eigenvalue weighted by molar-refractivity contribution is -0.130. The van der Waals surface area contributed by atoms with Crippen LogP contribution in [0.1, 0.15) is 16.8 Å². The van der Waals surface area contributed by atoms with Crippen molar-refractivity contribution in [2.45, 2.75) is 20.3 Å². The van der Waals surface area contributed by atoms with Crippen LogP contribution < -0.4 is 4.90 Å². The third kappa shape index (κ3) is 3.36. The van der Waals surface area contributed by atoms with E-state index in [0.717, 1.165) is 52.0 Å². The number of piperazine rings is 1. The number of hydrogen-bond acceptors (Lipinski definition) is 6. The number of aromatic nitrogens is 3. The van der Waals surface area contributed by atoms with Crippen LogP contribution in [0.2, 0.25) is 0 Å². The zero-order valence-corrected chi connectivity index (χ0v) is 17.1. The molecular formula is C23H23N5O2. The summed E-state index contributed by atoms with van der Waals surface area (Å²) >= 11 is 0. The normalized spacial score (nSPS) is 14.6. The molecule has 4 aromatic rings. The van der Waals surface area contributed by atoms with Gasteiger partial charge in [0.15, 0.2) is 5.58 Å². The highest BCUT2D eigenvalue weighted by atomic mass is 16.5. The summed E-state index contributed by atoms with van der Waals surface area (Å²) in [4.78, 5) is 26.2. The molecule has 0 aliphatic carbocycles. The molecule has 0 radical (unpaired) electrons. The maximum atomic E-state index is 12.9. The van der Waals surface area contributed by atoms with Gasteiger partial charge in [-0.1, -0.05) is 23.4 Å². The Morgan fingerprint density at radius 2 is 1.83 bits per heavy atom. The smallest absolute Gasteiger partial charge is 0.228 e. The van der Waals surface area contributed by atoms with Crippen molar-refractivity contribution in [3.8, 4) is 0 Å². The standard InChI is InChI=1S/C23H23N5O2/c1-15-11-16(2)23-17(12-15)20(26-30-23)13-22(29)28-9-7-27(8-10-28)21-14-24-18-5-3-4-6-19(18)25-21/h3-6,11-12,14H,7-10,13H2,1-2H3. The molecule has 1 fully saturated rings. The topological polar surface area (TPSA) is 75.4 Å². The zero-order chi connectivity index (χ0) is 20.7. The Morgan fingerprint density at radius 3 is 2.63 bits per heavy atom. The van der Waals surface area contributed by atoms with Crippen molar-refractivity contribution in [1.82, 2.24) is 20.0 Å². The quantitative estimate of drug-likeness (QED) is 0.524. The zero-order valence-electron chi connectivity index (χ0n) is 17.1. The van der Waals surface area contributed by atoms with Gasteiger partial charge in [-0.3, -0.25) is 9.78 Å². The van der Waals surface area contributed by atoms with Crippen molar-refractivity contribution in [3.63, 3.8) is 0 Å². The number of amides is 1. The fraction of sp³-hybridized carbons (Fsp3) is 0.304. The third-order valence-corrected chi connectivity index (χ3v) is 5.69. The van der Waals surface area contributed by atoms with Crippen molar-refractivity contribution in [2.24, 2.45) is 0 Å². The number of para-hydroxylation sites is 2. The first-order valence-corrected chi connectivity index (χ1v) is 10.2. The monoisotopic (exact) mass is 401 g/mol. The molecule has 2 aromatic carbocycles. The van der Waals surface area contributed by atoms with Gasteiger partial charge in [-0.15, -0.1) is 0 Å². The molecule has 152 valence electrons. The van der Waals surface area contributed by atoms with E-state index in [4.69, 9.17) is 9.51 Å². The van der Waals surface area contributed by atoms with Gasteiger partial charge in [-0.05, 0) is 43.2 Å². The lowest BCUT2D eigenvalue weighted by atomic mass is 10.1. The van der Waals surface area contributed by atoms with E-state index in [9.17, 15) is 4.79 Å². The van der Waals surface area contributed by atoms with E-state index in [2.05, 4.69) is 21.1 Å². The Morgan fingerprint density at radius 1 is 1.07 bits per heavy atom. The van der Waals surface area contributed by atoms with E-state index in [1.807, 2.05) is 55.3 Å². The Kier molecular flexibility index (Phi) is 4.58. The Hall–Kier alpha value is -3.48. The van der Waals surface area contributed by atoms with Gasteiger partial charge in [-0.2, -0.15) is 0 Å². The molecule has 0 atom stereocenters. The molecule has 3 heterocycles. The average molecular weight is 401 g/mol. The van der Waals surface area contributed by atoms with Crippen LogP contribution in [0.15, 0.2) is 47.1 Å². The molecule has 0 unspecified atom stereocenters. The summed E-state index contributed by atoms with van der Waals surface area (Å²) in [6.45, 7) is 6.82. The molecule has 0 bridgehead atoms. The second-order valence-corrected chi connectivity index (χ2v) is 7.85. The lowest BCUT2D eigenvalue weighted by Gasteiger charge is -2.35. The molecule has 2 aromatic heterocycles. The molecular weight excluding hydrogens is 378 g/mol. The second-order valence-electron chi connectivity index (χ2n) is 7.85. The highest BCUT2D eigenvalue weighted by molar-refractivity contribution is 5.88. The largest absolute Gasteiger partial charge is 0.356 e. The molecule has 7 heteroatoms. The van der Waals surface area contributed by atoms with Gasteiger partial charge in [-0.25, -0.2) is 4.98 Å². The minimum atomic E-state index is 0.0774. The third-order valence-electron chi connectivity index (χ3n) is 5.69. The van der Waals surface area contributed by atoms with Gasteiger partial charge in [0, 0.05) is 31.6 Å². The maximum absolute atomic E-state index is 12.9. The van der Waals surface area contributed by atoms with Crippen LogP contribution in [-0.2, 0) is 11.2 Å². The van der Waals surface area contributed by atoms with Gasteiger partial charge in [0.2, 0.25) is 5.91 Å². The van der Waals surface area contributed by atoms with Crippen LogP contribution in [-0.4, -0.2) is 52.1 Å². The lowest BCUT2D eigenvalue weighted by Crippen LogP contribution is -2.49. The van der Waals surface area contributed by atoms with E-state index in [0.29, 0.717) is 18.8 Å². The van der Waals surface area contributed by atoms with Gasteiger partial charge in [0.1, 0.15) is 11.5 Å². The van der Waals surface area contributed by atoms with Gasteiger partial charge >= 0.3 is 0 Å². The number of aryl methyl sites for hydroxylation is 2.